The van der Waals surface area contributed by atoms with Crippen LogP contribution in [0.25, 0.3) is 11.3 Å². The van der Waals surface area contributed by atoms with Crippen molar-refractivity contribution in [3.05, 3.63) is 69.8 Å². The molecule has 0 spiro atoms. The van der Waals surface area contributed by atoms with Crippen LogP contribution in [0.3, 0.4) is 0 Å². The molecule has 1 fully saturated rings. The van der Waals surface area contributed by atoms with Gasteiger partial charge in [0.1, 0.15) is 11.4 Å². The molecule has 1 aromatic heterocycles. The van der Waals surface area contributed by atoms with E-state index in [0.29, 0.717) is 22.6 Å². The summed E-state index contributed by atoms with van der Waals surface area (Å²) in [5, 5.41) is 14.4. The molecular formula is C21H22Cl2N4. The molecule has 1 aliphatic carbocycles. The average molecular weight is 401 g/mol. The second kappa shape index (κ2) is 8.42. The van der Waals surface area contributed by atoms with Gasteiger partial charge in [-0.25, -0.2) is 0 Å². The molecule has 1 saturated carbocycles. The molecule has 6 heteroatoms. The van der Waals surface area contributed by atoms with E-state index in [2.05, 4.69) is 17.4 Å². The number of hydrogen-bond acceptors (Lipinski definition) is 3. The largest absolute Gasteiger partial charge is 0.308 e. The molecule has 0 amide bonds. The summed E-state index contributed by atoms with van der Waals surface area (Å²) < 4.78 is 0. The van der Waals surface area contributed by atoms with Crippen LogP contribution in [0.15, 0.2) is 48.5 Å². The third-order valence-corrected chi connectivity index (χ3v) is 5.60. The summed E-state index contributed by atoms with van der Waals surface area (Å²) in [6, 6.07) is 16.3. The zero-order chi connectivity index (χ0) is 18.6. The minimum absolute atomic E-state index is 0.513. The number of rotatable bonds is 6. The van der Waals surface area contributed by atoms with Gasteiger partial charge in [-0.05, 0) is 30.5 Å². The zero-order valence-corrected chi connectivity index (χ0v) is 16.5. The fourth-order valence-corrected chi connectivity index (χ4v) is 4.03. The van der Waals surface area contributed by atoms with Crippen LogP contribution in [0.2, 0.25) is 10.0 Å². The minimum atomic E-state index is 0.513. The molecule has 4 rings (SSSR count). The molecule has 0 unspecified atom stereocenters. The fraction of sp³-hybridized carbons (Fsp3) is 0.333. The highest BCUT2D eigenvalue weighted by Gasteiger charge is 2.18. The Bertz CT molecular complexity index is 902. The Morgan fingerprint density at radius 1 is 1.00 bits per heavy atom. The lowest BCUT2D eigenvalue weighted by Gasteiger charge is -2.10. The first-order chi connectivity index (χ1) is 13.2. The normalized spacial score (nSPS) is 14.7. The number of nitrogens with one attached hydrogen (secondary N) is 1. The third kappa shape index (κ3) is 4.52. The maximum Gasteiger partial charge on any atom is 0.117 e. The summed E-state index contributed by atoms with van der Waals surface area (Å²) in [4.78, 5) is 1.73. The number of aromatic nitrogens is 3. The average Bonchev–Trinajstić information content (AvgIpc) is 3.33. The molecule has 1 aliphatic rings. The number of hydrogen-bond donors (Lipinski definition) is 1. The SMILES string of the molecule is Clc1ccc(Cn2nc(CNC3CCCC3)c(-c3ccccc3)n2)c(Cl)c1. The number of benzene rings is 2. The molecule has 1 N–H and O–H groups in total. The molecule has 27 heavy (non-hydrogen) atoms. The van der Waals surface area contributed by atoms with Gasteiger partial charge in [0.05, 0.1) is 6.54 Å². The van der Waals surface area contributed by atoms with E-state index in [0.717, 1.165) is 29.1 Å². The number of halogens is 2. The van der Waals surface area contributed by atoms with Crippen LogP contribution in [0.4, 0.5) is 0 Å². The predicted molar refractivity (Wildman–Crippen MR) is 110 cm³/mol. The van der Waals surface area contributed by atoms with Crippen LogP contribution < -0.4 is 5.32 Å². The first-order valence-electron chi connectivity index (χ1n) is 9.36. The van der Waals surface area contributed by atoms with E-state index < -0.39 is 0 Å². The van der Waals surface area contributed by atoms with E-state index in [-0.39, 0.29) is 0 Å². The molecule has 2 aromatic carbocycles. The Labute approximate surface area is 169 Å². The first kappa shape index (κ1) is 18.5. The van der Waals surface area contributed by atoms with E-state index >= 15 is 0 Å². The van der Waals surface area contributed by atoms with Crippen LogP contribution in [-0.2, 0) is 13.1 Å². The van der Waals surface area contributed by atoms with Gasteiger partial charge in [0, 0.05) is 28.2 Å². The molecule has 0 atom stereocenters. The quantitative estimate of drug-likeness (QED) is 0.607. The summed E-state index contributed by atoms with van der Waals surface area (Å²) >= 11 is 12.3. The Balaban J connectivity index is 1.60. The molecule has 0 saturated heterocycles. The van der Waals surface area contributed by atoms with E-state index in [1.807, 2.05) is 30.3 Å². The van der Waals surface area contributed by atoms with Gasteiger partial charge in [0.15, 0.2) is 0 Å². The van der Waals surface area contributed by atoms with Crippen molar-refractivity contribution < 1.29 is 0 Å². The van der Waals surface area contributed by atoms with Crippen LogP contribution in [0.1, 0.15) is 36.9 Å². The minimum Gasteiger partial charge on any atom is -0.308 e. The summed E-state index contributed by atoms with van der Waals surface area (Å²) in [5.74, 6) is 0. The van der Waals surface area contributed by atoms with Crippen molar-refractivity contribution in [2.75, 3.05) is 0 Å². The van der Waals surface area contributed by atoms with Crippen molar-refractivity contribution in [2.45, 2.75) is 44.8 Å². The lowest BCUT2D eigenvalue weighted by Crippen LogP contribution is -2.25. The maximum absolute atomic E-state index is 6.32. The molecule has 3 aromatic rings. The van der Waals surface area contributed by atoms with Gasteiger partial charge >= 0.3 is 0 Å². The summed E-state index contributed by atoms with van der Waals surface area (Å²) in [6.07, 6.45) is 5.11. The van der Waals surface area contributed by atoms with E-state index in [1.54, 1.807) is 10.9 Å². The van der Waals surface area contributed by atoms with Crippen LogP contribution >= 0.6 is 23.2 Å². The van der Waals surface area contributed by atoms with E-state index in [1.165, 1.54) is 25.7 Å². The standard InChI is InChI=1S/C21H22Cl2N4/c22-17-11-10-16(19(23)12-17)14-27-25-20(13-24-18-8-4-5-9-18)21(26-27)15-6-2-1-3-7-15/h1-3,6-7,10-12,18,24H,4-5,8-9,13-14H2. The Morgan fingerprint density at radius 2 is 1.78 bits per heavy atom. The van der Waals surface area contributed by atoms with Crippen LogP contribution in [0.5, 0.6) is 0 Å². The van der Waals surface area contributed by atoms with Crippen LogP contribution in [-0.4, -0.2) is 21.0 Å². The Kier molecular flexibility index (Phi) is 5.77. The van der Waals surface area contributed by atoms with Gasteiger partial charge in [0.25, 0.3) is 0 Å². The van der Waals surface area contributed by atoms with Gasteiger partial charge in [0.2, 0.25) is 0 Å². The molecule has 4 nitrogen and oxygen atoms in total. The molecule has 1 heterocycles. The van der Waals surface area contributed by atoms with Crippen molar-refractivity contribution >= 4 is 23.2 Å². The van der Waals surface area contributed by atoms with Gasteiger partial charge in [-0.1, -0.05) is 72.4 Å². The molecule has 140 valence electrons. The van der Waals surface area contributed by atoms with Crippen molar-refractivity contribution in [1.29, 1.82) is 0 Å². The Morgan fingerprint density at radius 3 is 2.52 bits per heavy atom. The molecular weight excluding hydrogens is 379 g/mol. The Hall–Kier alpha value is -1.88. The lowest BCUT2D eigenvalue weighted by molar-refractivity contribution is 0.511. The van der Waals surface area contributed by atoms with E-state index in [9.17, 15) is 0 Å². The van der Waals surface area contributed by atoms with Gasteiger partial charge < -0.3 is 5.32 Å². The van der Waals surface area contributed by atoms with Gasteiger partial charge in [-0.3, -0.25) is 0 Å². The molecule has 0 aliphatic heterocycles. The van der Waals surface area contributed by atoms with Gasteiger partial charge in [-0.15, -0.1) is 0 Å². The highest BCUT2D eigenvalue weighted by molar-refractivity contribution is 6.35. The maximum atomic E-state index is 6.32. The second-order valence-electron chi connectivity index (χ2n) is 6.99. The van der Waals surface area contributed by atoms with Crippen molar-refractivity contribution in [3.8, 4) is 11.3 Å². The second-order valence-corrected chi connectivity index (χ2v) is 7.83. The van der Waals surface area contributed by atoms with Crippen molar-refractivity contribution in [2.24, 2.45) is 0 Å². The lowest BCUT2D eigenvalue weighted by atomic mass is 10.1. The van der Waals surface area contributed by atoms with Crippen molar-refractivity contribution in [3.63, 3.8) is 0 Å². The fourth-order valence-electron chi connectivity index (χ4n) is 3.57. The van der Waals surface area contributed by atoms with Gasteiger partial charge in [-0.2, -0.15) is 15.0 Å². The van der Waals surface area contributed by atoms with Crippen LogP contribution in [0, 0.1) is 0 Å². The summed E-state index contributed by atoms with van der Waals surface area (Å²) in [5.41, 5.74) is 3.92. The highest BCUT2D eigenvalue weighted by Crippen LogP contribution is 2.24. The first-order valence-corrected chi connectivity index (χ1v) is 10.1. The summed E-state index contributed by atoms with van der Waals surface area (Å²) in [7, 11) is 0. The number of nitrogens with zero attached hydrogens (tertiary/aromatic N) is 3. The van der Waals surface area contributed by atoms with Crippen molar-refractivity contribution in [1.82, 2.24) is 20.3 Å². The smallest absolute Gasteiger partial charge is 0.117 e. The highest BCUT2D eigenvalue weighted by atomic mass is 35.5. The monoisotopic (exact) mass is 400 g/mol. The predicted octanol–water partition coefficient (Wildman–Crippen LogP) is 5.33. The molecule has 0 radical (unpaired) electrons. The molecule has 0 bridgehead atoms. The zero-order valence-electron chi connectivity index (χ0n) is 15.0. The summed E-state index contributed by atoms with van der Waals surface area (Å²) in [6.45, 7) is 1.24. The third-order valence-electron chi connectivity index (χ3n) is 5.01. The topological polar surface area (TPSA) is 42.7 Å². The van der Waals surface area contributed by atoms with E-state index in [4.69, 9.17) is 33.4 Å².